The highest BCUT2D eigenvalue weighted by molar-refractivity contribution is 6.32. The Morgan fingerprint density at radius 1 is 1.32 bits per heavy atom. The number of primary amides is 1. The quantitative estimate of drug-likeness (QED) is 0.903. The van der Waals surface area contributed by atoms with Crippen molar-refractivity contribution in [3.8, 4) is 0 Å². The Kier molecular flexibility index (Phi) is 4.48. The molecule has 2 N–H and O–H groups in total. The Hall–Kier alpha value is -1.48. The molecule has 3 nitrogen and oxygen atoms in total. The maximum Gasteiger partial charge on any atom is 0.405 e. The van der Waals surface area contributed by atoms with Gasteiger partial charge in [0.25, 0.3) is 0 Å². The lowest BCUT2D eigenvalue weighted by molar-refractivity contribution is 0.130. The molecule has 0 bridgehead atoms. The summed E-state index contributed by atoms with van der Waals surface area (Å²) in [6.45, 7) is 1.86. The van der Waals surface area contributed by atoms with Gasteiger partial charge in [-0.05, 0) is 55.4 Å². The van der Waals surface area contributed by atoms with Gasteiger partial charge >= 0.3 is 6.09 Å². The number of hydrogen-bond donors (Lipinski definition) is 1. The fourth-order valence-electron chi connectivity index (χ4n) is 2.64. The van der Waals surface area contributed by atoms with E-state index < -0.39 is 6.09 Å². The van der Waals surface area contributed by atoms with Crippen LogP contribution in [0.2, 0.25) is 5.02 Å². The van der Waals surface area contributed by atoms with E-state index in [1.165, 1.54) is 5.57 Å². The molecule has 1 amide bonds. The molecule has 1 aromatic carbocycles. The number of carbonyl (C=O) groups is 1. The van der Waals surface area contributed by atoms with Crippen LogP contribution in [0, 0.1) is 0 Å². The minimum atomic E-state index is -0.732. The van der Waals surface area contributed by atoms with E-state index in [1.807, 2.05) is 31.2 Å². The van der Waals surface area contributed by atoms with E-state index in [0.717, 1.165) is 41.8 Å². The van der Waals surface area contributed by atoms with Crippen LogP contribution in [0.1, 0.15) is 38.2 Å². The molecule has 0 aliphatic heterocycles. The molecule has 1 aromatic rings. The number of allylic oxidation sites excluding steroid dienone is 1. The summed E-state index contributed by atoms with van der Waals surface area (Å²) >= 11 is 6.27. The molecule has 2 rings (SSSR count). The van der Waals surface area contributed by atoms with Crippen LogP contribution in [0.5, 0.6) is 0 Å². The third-order valence-corrected chi connectivity index (χ3v) is 3.82. The number of hydrogen-bond acceptors (Lipinski definition) is 2. The summed E-state index contributed by atoms with van der Waals surface area (Å²) in [5, 5.41) is 0.739. The molecule has 1 atom stereocenters. The van der Waals surface area contributed by atoms with Crippen LogP contribution in [0.4, 0.5) is 4.79 Å². The lowest BCUT2D eigenvalue weighted by Crippen LogP contribution is -2.23. The molecule has 19 heavy (non-hydrogen) atoms. The number of carbonyl (C=O) groups excluding carboxylic acids is 1. The summed E-state index contributed by atoms with van der Waals surface area (Å²) in [5.74, 6) is 0. The van der Waals surface area contributed by atoms with Gasteiger partial charge in [-0.1, -0.05) is 29.8 Å². The Morgan fingerprint density at radius 3 is 2.68 bits per heavy atom. The molecule has 102 valence electrons. The molecule has 0 heterocycles. The van der Waals surface area contributed by atoms with Crippen molar-refractivity contribution in [3.63, 3.8) is 0 Å². The first kappa shape index (κ1) is 13.9. The Bertz CT molecular complexity index is 511. The van der Waals surface area contributed by atoms with E-state index in [4.69, 9.17) is 22.1 Å². The fraction of sp³-hybridized carbons (Fsp3) is 0.400. The van der Waals surface area contributed by atoms with E-state index in [9.17, 15) is 4.79 Å². The summed E-state index contributed by atoms with van der Waals surface area (Å²) in [6, 6.07) is 7.79. The summed E-state index contributed by atoms with van der Waals surface area (Å²) in [4.78, 5) is 10.9. The van der Waals surface area contributed by atoms with Gasteiger partial charge in [0.15, 0.2) is 0 Å². The normalized spacial score (nSPS) is 17.2. The summed E-state index contributed by atoms with van der Waals surface area (Å²) in [7, 11) is 0. The largest absolute Gasteiger partial charge is 0.442 e. The second-order valence-electron chi connectivity index (χ2n) is 4.77. The summed E-state index contributed by atoms with van der Waals surface area (Å²) in [6.07, 6.45) is 3.11. The lowest BCUT2D eigenvalue weighted by Gasteiger charge is -2.25. The maximum absolute atomic E-state index is 10.9. The Morgan fingerprint density at radius 2 is 2.00 bits per heavy atom. The Balaban J connectivity index is 2.39. The molecule has 1 unspecified atom stereocenters. The number of benzene rings is 1. The van der Waals surface area contributed by atoms with Crippen molar-refractivity contribution in [2.45, 2.75) is 38.7 Å². The zero-order chi connectivity index (χ0) is 13.8. The number of nitrogens with two attached hydrogens (primary N) is 1. The number of ether oxygens (including phenoxy) is 1. The van der Waals surface area contributed by atoms with Gasteiger partial charge in [0.1, 0.15) is 6.10 Å². The van der Waals surface area contributed by atoms with Crippen molar-refractivity contribution < 1.29 is 9.53 Å². The lowest BCUT2D eigenvalue weighted by atomic mass is 9.85. The van der Waals surface area contributed by atoms with Gasteiger partial charge in [0.2, 0.25) is 0 Å². The average molecular weight is 280 g/mol. The first-order valence-corrected chi connectivity index (χ1v) is 6.90. The summed E-state index contributed by atoms with van der Waals surface area (Å²) in [5.41, 5.74) is 8.48. The second kappa shape index (κ2) is 6.11. The van der Waals surface area contributed by atoms with E-state index in [2.05, 4.69) is 0 Å². The van der Waals surface area contributed by atoms with Crippen molar-refractivity contribution in [2.75, 3.05) is 0 Å². The predicted octanol–water partition coefficient (Wildman–Crippen LogP) is 4.15. The third-order valence-electron chi connectivity index (χ3n) is 3.49. The third kappa shape index (κ3) is 3.29. The molecule has 0 spiro atoms. The van der Waals surface area contributed by atoms with Gasteiger partial charge in [-0.25, -0.2) is 4.79 Å². The van der Waals surface area contributed by atoms with Crippen molar-refractivity contribution in [1.29, 1.82) is 0 Å². The maximum atomic E-state index is 10.9. The van der Waals surface area contributed by atoms with Crippen LogP contribution >= 0.6 is 11.6 Å². The standard InChI is InChI=1S/C15H18ClNO2/c1-10(19-15(17)18)11-6-2-3-7-12(11)13-8-4-5-9-14(13)16/h4-5,8-10H,2-3,6-7H2,1H3,(H2,17,18). The highest BCUT2D eigenvalue weighted by Crippen LogP contribution is 2.37. The molecular formula is C15H18ClNO2. The predicted molar refractivity (Wildman–Crippen MR) is 77.0 cm³/mol. The first-order valence-electron chi connectivity index (χ1n) is 6.52. The molecular weight excluding hydrogens is 262 g/mol. The van der Waals surface area contributed by atoms with E-state index >= 15 is 0 Å². The van der Waals surface area contributed by atoms with Crippen molar-refractivity contribution >= 4 is 23.3 Å². The molecule has 1 aliphatic rings. The number of amides is 1. The van der Waals surface area contributed by atoms with E-state index in [1.54, 1.807) is 0 Å². The van der Waals surface area contributed by atoms with E-state index in [-0.39, 0.29) is 6.10 Å². The van der Waals surface area contributed by atoms with Crippen LogP contribution in [0.3, 0.4) is 0 Å². The molecule has 4 heteroatoms. The van der Waals surface area contributed by atoms with Crippen LogP contribution < -0.4 is 5.73 Å². The van der Waals surface area contributed by atoms with Crippen molar-refractivity contribution in [1.82, 2.24) is 0 Å². The smallest absolute Gasteiger partial charge is 0.405 e. The van der Waals surface area contributed by atoms with Crippen LogP contribution in [0.15, 0.2) is 29.8 Å². The van der Waals surface area contributed by atoms with Gasteiger partial charge in [0.05, 0.1) is 0 Å². The van der Waals surface area contributed by atoms with Crippen LogP contribution in [0.25, 0.3) is 5.57 Å². The highest BCUT2D eigenvalue weighted by Gasteiger charge is 2.22. The fourth-order valence-corrected chi connectivity index (χ4v) is 2.89. The van der Waals surface area contributed by atoms with Gasteiger partial charge in [-0.15, -0.1) is 0 Å². The zero-order valence-corrected chi connectivity index (χ0v) is 11.7. The minimum absolute atomic E-state index is 0.288. The monoisotopic (exact) mass is 279 g/mol. The molecule has 0 aromatic heterocycles. The molecule has 1 aliphatic carbocycles. The van der Waals surface area contributed by atoms with Gasteiger partial charge in [0, 0.05) is 5.02 Å². The summed E-state index contributed by atoms with van der Waals surface area (Å²) < 4.78 is 5.12. The Labute approximate surface area is 118 Å². The van der Waals surface area contributed by atoms with Gasteiger partial charge in [-0.2, -0.15) is 0 Å². The molecule has 0 saturated carbocycles. The minimum Gasteiger partial charge on any atom is -0.442 e. The van der Waals surface area contributed by atoms with Crippen LogP contribution in [-0.2, 0) is 4.74 Å². The first-order chi connectivity index (χ1) is 9.09. The number of rotatable bonds is 3. The molecule has 0 saturated heterocycles. The second-order valence-corrected chi connectivity index (χ2v) is 5.18. The van der Waals surface area contributed by atoms with Crippen LogP contribution in [-0.4, -0.2) is 12.2 Å². The topological polar surface area (TPSA) is 52.3 Å². The SMILES string of the molecule is CC(OC(N)=O)C1=C(c2ccccc2Cl)CCCC1. The zero-order valence-electron chi connectivity index (χ0n) is 11.0. The highest BCUT2D eigenvalue weighted by atomic mass is 35.5. The van der Waals surface area contributed by atoms with Gasteiger partial charge < -0.3 is 10.5 Å². The number of halogens is 1. The molecule has 0 radical (unpaired) electrons. The average Bonchev–Trinajstić information content (AvgIpc) is 2.38. The molecule has 0 fully saturated rings. The van der Waals surface area contributed by atoms with Crippen molar-refractivity contribution in [3.05, 3.63) is 40.4 Å². The van der Waals surface area contributed by atoms with E-state index in [0.29, 0.717) is 0 Å². The van der Waals surface area contributed by atoms with Crippen molar-refractivity contribution in [2.24, 2.45) is 5.73 Å². The van der Waals surface area contributed by atoms with Gasteiger partial charge in [-0.3, -0.25) is 0 Å².